The van der Waals surface area contributed by atoms with Crippen molar-refractivity contribution >= 4 is 15.9 Å². The van der Waals surface area contributed by atoms with Crippen LogP contribution in [0.1, 0.15) is 36.9 Å². The summed E-state index contributed by atoms with van der Waals surface area (Å²) in [6, 6.07) is 9.26. The van der Waals surface area contributed by atoms with Crippen molar-refractivity contribution in [2.24, 2.45) is 5.92 Å². The van der Waals surface area contributed by atoms with E-state index in [1.54, 1.807) is 6.07 Å². The second-order valence-electron chi connectivity index (χ2n) is 8.31. The van der Waals surface area contributed by atoms with Crippen molar-refractivity contribution in [2.45, 2.75) is 36.9 Å². The molecule has 0 aliphatic carbocycles. The third kappa shape index (κ3) is 5.00. The van der Waals surface area contributed by atoms with Gasteiger partial charge in [-0.3, -0.25) is 4.79 Å². The van der Waals surface area contributed by atoms with Crippen molar-refractivity contribution in [1.29, 1.82) is 0 Å². The second kappa shape index (κ2) is 9.46. The molecule has 1 atom stereocenters. The molecule has 2 heterocycles. The van der Waals surface area contributed by atoms with Crippen molar-refractivity contribution in [3.05, 3.63) is 53.6 Å². The molecule has 2 aromatic rings. The average molecular weight is 499 g/mol. The first-order valence-corrected chi connectivity index (χ1v) is 12.4. The van der Waals surface area contributed by atoms with Crippen LogP contribution >= 0.6 is 0 Å². The van der Waals surface area contributed by atoms with Crippen LogP contribution < -0.4 is 14.8 Å². The SMILES string of the molecule is C[C@H](NC(=O)C1CCN(S(=O)(=O)c2ccccc2C(F)(F)F)CC1)c1ccc2c(c1)OCCO2. The summed E-state index contributed by atoms with van der Waals surface area (Å²) in [5.41, 5.74) is -0.357. The predicted molar refractivity (Wildman–Crippen MR) is 117 cm³/mol. The molecular formula is C23H25F3N2O5S. The van der Waals surface area contributed by atoms with Crippen LogP contribution in [0.3, 0.4) is 0 Å². The Hall–Kier alpha value is -2.79. The number of hydrogen-bond donors (Lipinski definition) is 1. The summed E-state index contributed by atoms with van der Waals surface area (Å²) in [4.78, 5) is 12.0. The van der Waals surface area contributed by atoms with Crippen LogP contribution in [0, 0.1) is 5.92 Å². The smallest absolute Gasteiger partial charge is 0.417 e. The van der Waals surface area contributed by atoms with Crippen LogP contribution in [-0.2, 0) is 21.0 Å². The standard InChI is InChI=1S/C23H25F3N2O5S/c1-15(17-6-7-19-20(14-17)33-13-12-32-19)27-22(29)16-8-10-28(11-9-16)34(30,31)21-5-3-2-4-18(21)23(24,25)26/h2-7,14-16H,8-13H2,1H3,(H,27,29)/t15-/m0/s1. The molecule has 2 aromatic carbocycles. The second-order valence-corrected chi connectivity index (χ2v) is 10.2. The molecule has 4 rings (SSSR count). The number of carbonyl (C=O) groups excluding carboxylic acids is 1. The van der Waals surface area contributed by atoms with Gasteiger partial charge in [0.05, 0.1) is 16.5 Å². The van der Waals surface area contributed by atoms with Crippen molar-refractivity contribution in [3.63, 3.8) is 0 Å². The van der Waals surface area contributed by atoms with E-state index in [0.29, 0.717) is 24.7 Å². The third-order valence-electron chi connectivity index (χ3n) is 6.06. The van der Waals surface area contributed by atoms with E-state index < -0.39 is 32.6 Å². The number of fused-ring (bicyclic) bond motifs is 1. The first-order valence-electron chi connectivity index (χ1n) is 10.9. The number of nitrogens with one attached hydrogen (secondary N) is 1. The Morgan fingerprint density at radius 1 is 1.06 bits per heavy atom. The van der Waals surface area contributed by atoms with Crippen molar-refractivity contribution < 1.29 is 35.9 Å². The molecule has 2 aliphatic rings. The molecule has 1 N–H and O–H groups in total. The van der Waals surface area contributed by atoms with E-state index in [1.165, 1.54) is 6.07 Å². The fourth-order valence-electron chi connectivity index (χ4n) is 4.17. The van der Waals surface area contributed by atoms with Crippen LogP contribution in [0.4, 0.5) is 13.2 Å². The number of rotatable bonds is 5. The zero-order valence-electron chi connectivity index (χ0n) is 18.5. The molecule has 0 spiro atoms. The van der Waals surface area contributed by atoms with Gasteiger partial charge in [0.2, 0.25) is 15.9 Å². The minimum Gasteiger partial charge on any atom is -0.486 e. The van der Waals surface area contributed by atoms with Gasteiger partial charge in [0, 0.05) is 19.0 Å². The Morgan fingerprint density at radius 2 is 1.71 bits per heavy atom. The van der Waals surface area contributed by atoms with Gasteiger partial charge in [-0.1, -0.05) is 18.2 Å². The Bertz CT molecular complexity index is 1160. The zero-order valence-corrected chi connectivity index (χ0v) is 19.3. The van der Waals surface area contributed by atoms with Gasteiger partial charge in [0.1, 0.15) is 13.2 Å². The van der Waals surface area contributed by atoms with Crippen LogP contribution in [-0.4, -0.2) is 44.9 Å². The maximum atomic E-state index is 13.3. The lowest BCUT2D eigenvalue weighted by atomic mass is 9.96. The highest BCUT2D eigenvalue weighted by molar-refractivity contribution is 7.89. The summed E-state index contributed by atoms with van der Waals surface area (Å²) in [5.74, 6) is 0.593. The number of sulfonamides is 1. The Morgan fingerprint density at radius 3 is 2.38 bits per heavy atom. The van der Waals surface area contributed by atoms with E-state index in [0.717, 1.165) is 28.1 Å². The molecule has 1 saturated heterocycles. The van der Waals surface area contributed by atoms with Gasteiger partial charge in [-0.15, -0.1) is 0 Å². The molecule has 184 valence electrons. The number of amides is 1. The molecule has 1 amide bonds. The lowest BCUT2D eigenvalue weighted by Crippen LogP contribution is -2.43. The molecule has 7 nitrogen and oxygen atoms in total. The van der Waals surface area contributed by atoms with E-state index in [9.17, 15) is 26.4 Å². The molecule has 0 unspecified atom stereocenters. The summed E-state index contributed by atoms with van der Waals surface area (Å²) in [6.07, 6.45) is -4.36. The highest BCUT2D eigenvalue weighted by Gasteiger charge is 2.40. The van der Waals surface area contributed by atoms with E-state index in [-0.39, 0.29) is 37.9 Å². The molecule has 0 saturated carbocycles. The molecule has 1 fully saturated rings. The lowest BCUT2D eigenvalue weighted by Gasteiger charge is -2.31. The quantitative estimate of drug-likeness (QED) is 0.679. The molecule has 11 heteroatoms. The first-order chi connectivity index (χ1) is 16.1. The Labute approximate surface area is 195 Å². The number of ether oxygens (including phenoxy) is 2. The Kier molecular flexibility index (Phi) is 6.77. The van der Waals surface area contributed by atoms with Gasteiger partial charge >= 0.3 is 6.18 Å². The number of carbonyl (C=O) groups is 1. The van der Waals surface area contributed by atoms with Crippen molar-refractivity contribution in [2.75, 3.05) is 26.3 Å². The van der Waals surface area contributed by atoms with E-state index in [2.05, 4.69) is 5.32 Å². The fourth-order valence-corrected chi connectivity index (χ4v) is 5.85. The minimum atomic E-state index is -4.79. The molecule has 34 heavy (non-hydrogen) atoms. The number of alkyl halides is 3. The van der Waals surface area contributed by atoms with Crippen LogP contribution in [0.25, 0.3) is 0 Å². The highest BCUT2D eigenvalue weighted by atomic mass is 32.2. The normalized spacial score (nSPS) is 18.4. The van der Waals surface area contributed by atoms with Gasteiger partial charge in [0.15, 0.2) is 11.5 Å². The predicted octanol–water partition coefficient (Wildman–Crippen LogP) is 3.75. The van der Waals surface area contributed by atoms with Crippen molar-refractivity contribution in [3.8, 4) is 11.5 Å². The molecule has 0 radical (unpaired) electrons. The molecule has 0 bridgehead atoms. The van der Waals surface area contributed by atoms with E-state index >= 15 is 0 Å². The van der Waals surface area contributed by atoms with Gasteiger partial charge in [-0.2, -0.15) is 17.5 Å². The van der Waals surface area contributed by atoms with Gasteiger partial charge in [-0.05, 0) is 49.6 Å². The topological polar surface area (TPSA) is 84.9 Å². The number of hydrogen-bond acceptors (Lipinski definition) is 5. The number of benzene rings is 2. The number of nitrogens with zero attached hydrogens (tertiary/aromatic N) is 1. The van der Waals surface area contributed by atoms with E-state index in [4.69, 9.17) is 9.47 Å². The molecular weight excluding hydrogens is 473 g/mol. The number of halogens is 3. The third-order valence-corrected chi connectivity index (χ3v) is 8.02. The summed E-state index contributed by atoms with van der Waals surface area (Å²) in [7, 11) is -4.34. The average Bonchev–Trinajstić information content (AvgIpc) is 2.83. The van der Waals surface area contributed by atoms with Crippen LogP contribution in [0.5, 0.6) is 11.5 Å². The summed E-state index contributed by atoms with van der Waals surface area (Å²) >= 11 is 0. The largest absolute Gasteiger partial charge is 0.486 e. The summed E-state index contributed by atoms with van der Waals surface area (Å²) < 4.78 is 77.9. The van der Waals surface area contributed by atoms with Gasteiger partial charge in [-0.25, -0.2) is 8.42 Å². The first kappa shape index (κ1) is 24.3. The van der Waals surface area contributed by atoms with Gasteiger partial charge < -0.3 is 14.8 Å². The summed E-state index contributed by atoms with van der Waals surface area (Å²) in [5, 5.41) is 2.93. The molecule has 2 aliphatic heterocycles. The molecule has 0 aromatic heterocycles. The lowest BCUT2D eigenvalue weighted by molar-refractivity contribution is -0.139. The minimum absolute atomic E-state index is 0.0367. The zero-order chi connectivity index (χ0) is 24.5. The van der Waals surface area contributed by atoms with Gasteiger partial charge in [0.25, 0.3) is 0 Å². The number of piperidine rings is 1. The van der Waals surface area contributed by atoms with Crippen LogP contribution in [0.2, 0.25) is 0 Å². The fraction of sp³-hybridized carbons (Fsp3) is 0.435. The maximum absolute atomic E-state index is 13.3. The van der Waals surface area contributed by atoms with Crippen molar-refractivity contribution in [1.82, 2.24) is 9.62 Å². The Balaban J connectivity index is 1.39. The van der Waals surface area contributed by atoms with Crippen LogP contribution in [0.15, 0.2) is 47.4 Å². The highest BCUT2D eigenvalue weighted by Crippen LogP contribution is 2.36. The summed E-state index contributed by atoms with van der Waals surface area (Å²) in [6.45, 7) is 2.69. The maximum Gasteiger partial charge on any atom is 0.417 e. The van der Waals surface area contributed by atoms with E-state index in [1.807, 2.05) is 19.1 Å². The monoisotopic (exact) mass is 498 g/mol.